The molecule has 0 spiro atoms. The van der Waals surface area contributed by atoms with Gasteiger partial charge in [0.05, 0.1) is 0 Å². The van der Waals surface area contributed by atoms with Gasteiger partial charge in [-0.05, 0) is 109 Å². The summed E-state index contributed by atoms with van der Waals surface area (Å²) in [7, 11) is 0. The zero-order chi connectivity index (χ0) is 35.0. The van der Waals surface area contributed by atoms with Gasteiger partial charge < -0.3 is 15.5 Å². The van der Waals surface area contributed by atoms with Crippen LogP contribution in [0.15, 0.2) is 183 Å². The number of allylic oxidation sites excluding steroid dienone is 2. The van der Waals surface area contributed by atoms with E-state index in [1.807, 2.05) is 12.2 Å². The fraction of sp³-hybridized carbons (Fsp3) is 0.149. The summed E-state index contributed by atoms with van der Waals surface area (Å²) in [4.78, 5) is 4.65. The Morgan fingerprint density at radius 3 is 1.16 bits per heavy atom. The molecule has 0 saturated heterocycles. The second-order valence-corrected chi connectivity index (χ2v) is 12.2. The highest BCUT2D eigenvalue weighted by Gasteiger charge is 2.17. The molecule has 2 N–H and O–H groups in total. The van der Waals surface area contributed by atoms with Gasteiger partial charge >= 0.3 is 0 Å². The Morgan fingerprint density at radius 1 is 0.460 bits per heavy atom. The number of nitrogens with two attached hydrogens (primary N) is 1. The molecule has 3 heteroatoms. The summed E-state index contributed by atoms with van der Waals surface area (Å²) in [6.45, 7) is 11.0. The second-order valence-electron chi connectivity index (χ2n) is 12.2. The van der Waals surface area contributed by atoms with Gasteiger partial charge in [0.1, 0.15) is 0 Å². The van der Waals surface area contributed by atoms with Gasteiger partial charge in [-0.2, -0.15) is 0 Å². The number of nitrogens with zero attached hydrogens (tertiary/aromatic N) is 2. The van der Waals surface area contributed by atoms with Gasteiger partial charge in [-0.15, -0.1) is 13.2 Å². The normalized spacial score (nSPS) is 10.4. The van der Waals surface area contributed by atoms with Gasteiger partial charge in [-0.1, -0.05) is 129 Å². The Balaban J connectivity index is 0.000000745. The zero-order valence-electron chi connectivity index (χ0n) is 29.3. The fourth-order valence-electron chi connectivity index (χ4n) is 6.12. The average Bonchev–Trinajstić information content (AvgIpc) is 3.17. The van der Waals surface area contributed by atoms with E-state index in [9.17, 15) is 0 Å². The first-order valence-corrected chi connectivity index (χ1v) is 17.7. The van der Waals surface area contributed by atoms with Crippen molar-refractivity contribution in [3.05, 3.63) is 194 Å². The van der Waals surface area contributed by atoms with E-state index < -0.39 is 0 Å². The third-order valence-electron chi connectivity index (χ3n) is 8.61. The molecule has 0 aliphatic rings. The van der Waals surface area contributed by atoms with Crippen LogP contribution in [0.3, 0.4) is 0 Å². The highest BCUT2D eigenvalue weighted by atomic mass is 15.1. The van der Waals surface area contributed by atoms with Gasteiger partial charge in [0.2, 0.25) is 0 Å². The van der Waals surface area contributed by atoms with E-state index >= 15 is 0 Å². The molecule has 50 heavy (non-hydrogen) atoms. The van der Waals surface area contributed by atoms with Crippen molar-refractivity contribution in [2.45, 2.75) is 39.0 Å². The molecule has 0 fully saturated rings. The molecule has 252 valence electrons. The molecule has 0 bridgehead atoms. The maximum absolute atomic E-state index is 5.21. The maximum Gasteiger partial charge on any atom is 0.0496 e. The molecule has 0 amide bonds. The molecule has 3 nitrogen and oxygen atoms in total. The number of hydrogen-bond acceptors (Lipinski definition) is 3. The van der Waals surface area contributed by atoms with E-state index in [0.29, 0.717) is 0 Å². The number of rotatable bonds is 14. The highest BCUT2D eigenvalue weighted by molar-refractivity contribution is 5.82. The molecular formula is C47H49N3. The summed E-state index contributed by atoms with van der Waals surface area (Å²) in [5, 5.41) is 0. The van der Waals surface area contributed by atoms with Crippen LogP contribution in [0.5, 0.6) is 0 Å². The molecule has 6 rings (SSSR count). The maximum atomic E-state index is 5.21. The largest absolute Gasteiger partial charge is 0.330 e. The van der Waals surface area contributed by atoms with Crippen molar-refractivity contribution in [2.75, 3.05) is 16.3 Å². The fourth-order valence-corrected chi connectivity index (χ4v) is 6.12. The van der Waals surface area contributed by atoms with Gasteiger partial charge in [-0.25, -0.2) is 0 Å². The van der Waals surface area contributed by atoms with Crippen LogP contribution >= 0.6 is 0 Å². The van der Waals surface area contributed by atoms with Crippen molar-refractivity contribution in [1.82, 2.24) is 0 Å². The molecule has 0 atom stereocenters. The lowest BCUT2D eigenvalue weighted by Crippen LogP contribution is -2.12. The molecule has 6 aromatic rings. The third-order valence-corrected chi connectivity index (χ3v) is 8.61. The molecule has 0 radical (unpaired) electrons. The number of hydrogen-bond donors (Lipinski definition) is 1. The van der Waals surface area contributed by atoms with Crippen molar-refractivity contribution in [2.24, 2.45) is 5.73 Å². The number of unbranched alkanes of at least 4 members (excludes halogenated alkanes) is 2. The Labute approximate surface area is 299 Å². The third kappa shape index (κ3) is 9.07. The summed E-state index contributed by atoms with van der Waals surface area (Å²) >= 11 is 0. The topological polar surface area (TPSA) is 32.5 Å². The molecule has 6 aromatic carbocycles. The lowest BCUT2D eigenvalue weighted by atomic mass is 10.0. The Bertz CT molecular complexity index is 1750. The van der Waals surface area contributed by atoms with Gasteiger partial charge in [0, 0.05) is 34.1 Å². The molecule has 0 aliphatic heterocycles. The number of para-hydroxylation sites is 4. The first-order chi connectivity index (χ1) is 24.7. The van der Waals surface area contributed by atoms with Crippen molar-refractivity contribution >= 4 is 34.1 Å². The quantitative estimate of drug-likeness (QED) is 0.0936. The van der Waals surface area contributed by atoms with Crippen LogP contribution in [-0.2, 0) is 12.8 Å². The second kappa shape index (κ2) is 18.8. The lowest BCUT2D eigenvalue weighted by molar-refractivity contribution is 0.727. The smallest absolute Gasteiger partial charge is 0.0496 e. The predicted molar refractivity (Wildman–Crippen MR) is 218 cm³/mol. The van der Waals surface area contributed by atoms with Crippen molar-refractivity contribution in [1.29, 1.82) is 0 Å². The van der Waals surface area contributed by atoms with E-state index in [2.05, 4.69) is 188 Å². The monoisotopic (exact) mass is 655 g/mol. The lowest BCUT2D eigenvalue weighted by Gasteiger charge is -2.28. The van der Waals surface area contributed by atoms with Crippen LogP contribution in [0.1, 0.15) is 37.3 Å². The molecule has 0 aromatic heterocycles. The van der Waals surface area contributed by atoms with Gasteiger partial charge in [0.25, 0.3) is 0 Å². The minimum atomic E-state index is 0.808. The molecule has 0 unspecified atom stereocenters. The zero-order valence-corrected chi connectivity index (χ0v) is 29.3. The van der Waals surface area contributed by atoms with Crippen LogP contribution in [0.4, 0.5) is 34.1 Å². The van der Waals surface area contributed by atoms with Crippen molar-refractivity contribution in [3.63, 3.8) is 0 Å². The predicted octanol–water partition coefficient (Wildman–Crippen LogP) is 12.9. The van der Waals surface area contributed by atoms with Crippen LogP contribution in [0.25, 0.3) is 11.1 Å². The van der Waals surface area contributed by atoms with Crippen LogP contribution in [0.2, 0.25) is 0 Å². The summed E-state index contributed by atoms with van der Waals surface area (Å²) < 4.78 is 0. The molecular weight excluding hydrogens is 607 g/mol. The van der Waals surface area contributed by atoms with E-state index in [0.717, 1.165) is 53.5 Å². The summed E-state index contributed by atoms with van der Waals surface area (Å²) in [5.74, 6) is 0. The van der Waals surface area contributed by atoms with Crippen LogP contribution < -0.4 is 15.5 Å². The van der Waals surface area contributed by atoms with Crippen LogP contribution in [-0.4, -0.2) is 6.54 Å². The van der Waals surface area contributed by atoms with Crippen LogP contribution in [0, 0.1) is 0 Å². The van der Waals surface area contributed by atoms with Crippen molar-refractivity contribution < 1.29 is 0 Å². The SMILES string of the molecule is C=CCc1ccccc1N(c1ccccc1)c1ccc(-c2ccc(N(c3ccccc3)c3ccccc3CC=C)cc2)cc1.CCCCCN. The molecule has 0 saturated carbocycles. The minimum Gasteiger partial charge on any atom is -0.330 e. The Kier molecular flexibility index (Phi) is 13.4. The van der Waals surface area contributed by atoms with Gasteiger partial charge in [0.15, 0.2) is 0 Å². The highest BCUT2D eigenvalue weighted by Crippen LogP contribution is 2.40. The average molecular weight is 656 g/mol. The molecule has 0 aliphatic carbocycles. The van der Waals surface area contributed by atoms with E-state index in [-0.39, 0.29) is 0 Å². The van der Waals surface area contributed by atoms with E-state index in [4.69, 9.17) is 5.73 Å². The Morgan fingerprint density at radius 2 is 0.820 bits per heavy atom. The summed E-state index contributed by atoms with van der Waals surface area (Å²) in [5.41, 5.74) is 16.8. The Hall–Kier alpha value is -5.64. The first-order valence-electron chi connectivity index (χ1n) is 17.7. The van der Waals surface area contributed by atoms with E-state index in [1.54, 1.807) is 0 Å². The van der Waals surface area contributed by atoms with Crippen molar-refractivity contribution in [3.8, 4) is 11.1 Å². The summed E-state index contributed by atoms with van der Waals surface area (Å²) in [6.07, 6.45) is 9.30. The number of anilines is 6. The number of benzene rings is 6. The summed E-state index contributed by atoms with van der Waals surface area (Å²) in [6, 6.07) is 55.9. The molecule has 0 heterocycles. The van der Waals surface area contributed by atoms with E-state index in [1.165, 1.54) is 41.5 Å². The standard InChI is InChI=1S/C42H36N2.C5H13N/c1-3-15-35-17-11-13-23-41(35)43(37-19-7-5-8-20-37)39-29-25-33(26-30-39)34-27-31-40(32-28-34)44(38-21-9-6-10-22-38)42-24-14-12-18-36(42)16-4-2;1-2-3-4-5-6/h3-14,17-32H,1-2,15-16H2;2-6H2,1H3. The van der Waals surface area contributed by atoms with Gasteiger partial charge in [-0.3, -0.25) is 0 Å². The first kappa shape index (κ1) is 35.7. The minimum absolute atomic E-state index is 0.808.